The van der Waals surface area contributed by atoms with Crippen LogP contribution in [0.5, 0.6) is 5.75 Å². The number of aliphatic hydroxyl groups excluding tert-OH is 1. The molecular weight excluding hydrogens is 1710 g/mol. The second-order valence-electron chi connectivity index (χ2n) is 29.2. The molecule has 0 aromatic heterocycles. The molecule has 3 saturated heterocycles. The summed E-state index contributed by atoms with van der Waals surface area (Å²) in [4.78, 5) is 211. The molecule has 18 unspecified atom stereocenters. The van der Waals surface area contributed by atoms with Gasteiger partial charge in [0.2, 0.25) is 41.4 Å². The average molecular weight is 1840 g/mol. The summed E-state index contributed by atoms with van der Waals surface area (Å²) in [5.74, 6) is -11.9. The number of nitrogens with one attached hydrogen (secondary N) is 7. The number of nitrogens with zero attached hydrogens (tertiary/aromatic N) is 3. The van der Waals surface area contributed by atoms with E-state index in [1.165, 1.54) is 38.1 Å². The summed E-state index contributed by atoms with van der Waals surface area (Å²) in [6, 6.07) is 0.545. The Morgan fingerprint density at radius 1 is 0.472 bits per heavy atom. The maximum atomic E-state index is 14.6. The summed E-state index contributed by atoms with van der Waals surface area (Å²) in [6.07, 6.45) is -17.2. The molecule has 1 aromatic rings. The summed E-state index contributed by atoms with van der Waals surface area (Å²) in [7, 11) is -0.118. The molecule has 8 N–H and O–H groups in total. The topological polar surface area (TPSA) is 581 Å². The number of esters is 8. The first-order valence-electron chi connectivity index (χ1n) is 40.8. The normalized spacial score (nSPS) is 22.8. The van der Waals surface area contributed by atoms with Crippen molar-refractivity contribution in [2.45, 2.75) is 240 Å². The molecule has 8 amide bonds. The SMILES string of the molecule is CN=CCOP(Oc1ccc(C(=O)NC(CCC(=O)N(CC(=O)NCCOCCOC2OC(COC(C)=O)C(OC(C)=O)C(OC(C)=O)C2NC(C)=O)CC(=O)NCCOCCOC2OC(COC(C)=O)C(OC(C)=O)C(OC(C)O)C2NC(C)=O)C(=O)NCCOCCOC2OC(COC(C)=O)C(OC(C)=O)C(OC(C)=O)C2NC(C)=O)cc1)N(C(C)C)C(C)C. The third-order valence-electron chi connectivity index (χ3n) is 17.8. The molecule has 716 valence electrons. The van der Waals surface area contributed by atoms with Crippen molar-refractivity contribution >= 4 is 110 Å². The van der Waals surface area contributed by atoms with Gasteiger partial charge in [-0.3, -0.25) is 81.7 Å². The van der Waals surface area contributed by atoms with Crippen molar-refractivity contribution in [3.8, 4) is 5.75 Å². The predicted molar refractivity (Wildman–Crippen MR) is 436 cm³/mol. The van der Waals surface area contributed by atoms with Crippen LogP contribution in [-0.4, -0.2) is 358 Å². The highest BCUT2D eigenvalue weighted by Crippen LogP contribution is 2.46. The van der Waals surface area contributed by atoms with Crippen molar-refractivity contribution in [2.24, 2.45) is 4.99 Å². The Morgan fingerprint density at radius 2 is 0.835 bits per heavy atom. The summed E-state index contributed by atoms with van der Waals surface area (Å²) < 4.78 is 116. The van der Waals surface area contributed by atoms with Crippen molar-refractivity contribution in [1.82, 2.24) is 46.8 Å². The molecule has 0 radical (unpaired) electrons. The number of aliphatic imine (C=N–C) groups is 1. The number of hydrogen-bond donors (Lipinski definition) is 8. The summed E-state index contributed by atoms with van der Waals surface area (Å²) in [5.41, 5.74) is 0.0371. The molecule has 0 saturated carbocycles. The minimum absolute atomic E-state index is 0.0194. The van der Waals surface area contributed by atoms with Crippen LogP contribution in [0.4, 0.5) is 0 Å². The second kappa shape index (κ2) is 57.8. The van der Waals surface area contributed by atoms with Gasteiger partial charge >= 0.3 is 56.3 Å². The van der Waals surface area contributed by atoms with E-state index < -0.39 is 254 Å². The Balaban J connectivity index is 1.60. The molecule has 48 heteroatoms. The van der Waals surface area contributed by atoms with Crippen molar-refractivity contribution in [1.29, 1.82) is 0 Å². The number of hydrogen-bond acceptors (Lipinski definition) is 39. The van der Waals surface area contributed by atoms with E-state index in [4.69, 9.17) is 94.3 Å². The van der Waals surface area contributed by atoms with Gasteiger partial charge in [0.15, 0.2) is 55.7 Å². The van der Waals surface area contributed by atoms with Crippen LogP contribution in [-0.2, 0) is 162 Å². The van der Waals surface area contributed by atoms with Crippen LogP contribution < -0.4 is 41.7 Å². The lowest BCUT2D eigenvalue weighted by atomic mass is 9.96. The first-order chi connectivity index (χ1) is 60.1. The number of carbonyl (C=O) groups excluding carboxylic acids is 16. The van der Waals surface area contributed by atoms with Gasteiger partial charge in [0.25, 0.3) is 5.91 Å². The molecule has 3 aliphatic heterocycles. The van der Waals surface area contributed by atoms with Gasteiger partial charge in [-0.2, -0.15) is 0 Å². The zero-order chi connectivity index (χ0) is 94.6. The highest BCUT2D eigenvalue weighted by atomic mass is 31.2. The van der Waals surface area contributed by atoms with Crippen LogP contribution in [0.25, 0.3) is 0 Å². The number of carbonyl (C=O) groups is 16. The molecule has 1 aromatic carbocycles. The van der Waals surface area contributed by atoms with E-state index in [1.54, 1.807) is 13.3 Å². The van der Waals surface area contributed by atoms with E-state index in [9.17, 15) is 81.8 Å². The lowest BCUT2D eigenvalue weighted by Gasteiger charge is -2.45. The van der Waals surface area contributed by atoms with Gasteiger partial charge < -0.3 is 142 Å². The Morgan fingerprint density at radius 3 is 1.18 bits per heavy atom. The van der Waals surface area contributed by atoms with Gasteiger partial charge in [-0.15, -0.1) is 0 Å². The lowest BCUT2D eigenvalue weighted by molar-refractivity contribution is -0.297. The molecule has 3 fully saturated rings. The molecule has 4 rings (SSSR count). The zero-order valence-electron chi connectivity index (χ0n) is 74.4. The van der Waals surface area contributed by atoms with Crippen LogP contribution in [0.3, 0.4) is 0 Å². The molecule has 0 bridgehead atoms. The molecule has 0 aliphatic carbocycles. The minimum atomic E-state index is -1.72. The number of rotatable bonds is 55. The van der Waals surface area contributed by atoms with Crippen LogP contribution in [0.15, 0.2) is 29.3 Å². The van der Waals surface area contributed by atoms with Gasteiger partial charge in [-0.25, -0.2) is 4.67 Å². The van der Waals surface area contributed by atoms with Crippen LogP contribution >= 0.6 is 8.53 Å². The molecule has 3 heterocycles. The third-order valence-corrected chi connectivity index (χ3v) is 19.8. The second-order valence-corrected chi connectivity index (χ2v) is 30.6. The average Bonchev–Trinajstić information content (AvgIpc) is 0.794. The van der Waals surface area contributed by atoms with Gasteiger partial charge in [0, 0.05) is 133 Å². The number of benzene rings is 1. The Kier molecular flexibility index (Phi) is 49.8. The van der Waals surface area contributed by atoms with Crippen molar-refractivity contribution in [2.75, 3.05) is 126 Å². The summed E-state index contributed by atoms with van der Waals surface area (Å²) in [6.45, 7) is 15.9. The standard InChI is InChI=1S/C79H123N10O37P/c1-43(2)89(44(3)4)127(116-31-24-80-17)126-58-20-18-57(19-21-58)75(105)87-59(76(106)83-27-30-109-34-37-112-79-68(86-47(7)92)74(122-56(16)101)71(119-53(13)98)62(125-79)42-115-50(10)95)22-23-65(104)88(38-63(102)81-25-28-107-32-35-110-77-66(84-45(5)90)72(120-54(14)99)69(117-51(11)96)60(123-77)40-113-48(8)93)39-64(103)82-26-29-108-33-36-111-78-67(85-46(6)91)73(121-55(15)100)70(118-52(12)97)61(124-78)41-114-49(9)94/h18-21,24,43-44,54,59-62,66-74,77-79,99H,22-23,25-42H2,1-17H3,(H,81,102)(H,82,103)(H,83,106)(H,84,90)(H,85,91)(H,86,92)(H,87,105). The first-order valence-corrected chi connectivity index (χ1v) is 42.0. The summed E-state index contributed by atoms with van der Waals surface area (Å²) in [5, 5.41) is 28.7. The van der Waals surface area contributed by atoms with E-state index in [0.717, 1.165) is 74.1 Å². The monoisotopic (exact) mass is 1830 g/mol. The van der Waals surface area contributed by atoms with E-state index in [1.807, 2.05) is 32.4 Å². The third kappa shape index (κ3) is 41.4. The fourth-order valence-electron chi connectivity index (χ4n) is 12.9. The van der Waals surface area contributed by atoms with E-state index in [0.29, 0.717) is 5.75 Å². The predicted octanol–water partition coefficient (Wildman–Crippen LogP) is -1.96. The zero-order valence-corrected chi connectivity index (χ0v) is 75.3. The number of aliphatic hydroxyl groups is 1. The number of amides is 8. The fraction of sp³-hybridized carbons (Fsp3) is 0.709. The Bertz CT molecular complexity index is 3760. The van der Waals surface area contributed by atoms with Gasteiger partial charge in [-0.1, -0.05) is 0 Å². The van der Waals surface area contributed by atoms with Crippen molar-refractivity contribution < 1.29 is 176 Å². The van der Waals surface area contributed by atoms with E-state index >= 15 is 0 Å². The Hall–Kier alpha value is -9.88. The van der Waals surface area contributed by atoms with E-state index in [-0.39, 0.29) is 103 Å². The first kappa shape index (κ1) is 109. The van der Waals surface area contributed by atoms with Crippen molar-refractivity contribution in [3.05, 3.63) is 29.8 Å². The molecule has 3 aliphatic rings. The smallest absolute Gasteiger partial charge is 0.321 e. The largest absolute Gasteiger partial charge is 0.463 e. The highest BCUT2D eigenvalue weighted by molar-refractivity contribution is 7.45. The minimum Gasteiger partial charge on any atom is -0.463 e. The molecule has 18 atom stereocenters. The molecule has 47 nitrogen and oxygen atoms in total. The van der Waals surface area contributed by atoms with E-state index in [2.05, 4.69) is 42.2 Å². The highest BCUT2D eigenvalue weighted by Gasteiger charge is 2.54. The Labute approximate surface area is 736 Å². The molecular formula is C79H123N10O37P. The van der Waals surface area contributed by atoms with Gasteiger partial charge in [0.1, 0.15) is 87.2 Å². The van der Waals surface area contributed by atoms with Crippen LogP contribution in [0.2, 0.25) is 0 Å². The fourth-order valence-corrected chi connectivity index (χ4v) is 14.4. The molecule has 0 spiro atoms. The van der Waals surface area contributed by atoms with Gasteiger partial charge in [-0.05, 0) is 65.3 Å². The van der Waals surface area contributed by atoms with Gasteiger partial charge in [0.05, 0.1) is 66.1 Å². The summed E-state index contributed by atoms with van der Waals surface area (Å²) >= 11 is 0. The maximum Gasteiger partial charge on any atom is 0.321 e. The quantitative estimate of drug-likeness (QED) is 0.00877. The lowest BCUT2D eigenvalue weighted by Crippen LogP contribution is -2.66. The van der Waals surface area contributed by atoms with Crippen LogP contribution in [0, 0.1) is 0 Å². The van der Waals surface area contributed by atoms with Crippen molar-refractivity contribution in [3.63, 3.8) is 0 Å². The maximum absolute atomic E-state index is 14.6. The van der Waals surface area contributed by atoms with Crippen LogP contribution in [0.1, 0.15) is 134 Å². The molecule has 127 heavy (non-hydrogen) atoms. The number of ether oxygens (including phenoxy) is 18.